The van der Waals surface area contributed by atoms with Gasteiger partial charge in [-0.05, 0) is 25.7 Å². The summed E-state index contributed by atoms with van der Waals surface area (Å²) < 4.78 is 0. The number of aliphatic hydroxyl groups is 2. The molecule has 0 amide bonds. The van der Waals surface area contributed by atoms with Crippen molar-refractivity contribution in [2.24, 2.45) is 5.92 Å². The molecule has 0 fully saturated rings. The fourth-order valence-corrected chi connectivity index (χ4v) is 1.79. The lowest BCUT2D eigenvalue weighted by atomic mass is 9.85. The Morgan fingerprint density at radius 3 is 2.20 bits per heavy atom. The van der Waals surface area contributed by atoms with Crippen LogP contribution < -0.4 is 0 Å². The van der Waals surface area contributed by atoms with Gasteiger partial charge in [0.05, 0.1) is 11.7 Å². The van der Waals surface area contributed by atoms with Crippen molar-refractivity contribution in [2.45, 2.75) is 77.9 Å². The first-order valence-corrected chi connectivity index (χ1v) is 6.38. The summed E-state index contributed by atoms with van der Waals surface area (Å²) in [6.45, 7) is 7.99. The Labute approximate surface area is 94.7 Å². The molecule has 0 saturated carbocycles. The number of rotatable bonds is 8. The van der Waals surface area contributed by atoms with E-state index in [2.05, 4.69) is 13.8 Å². The summed E-state index contributed by atoms with van der Waals surface area (Å²) >= 11 is 0. The van der Waals surface area contributed by atoms with Gasteiger partial charge in [0.1, 0.15) is 0 Å². The van der Waals surface area contributed by atoms with E-state index in [9.17, 15) is 10.2 Å². The average molecular weight is 216 g/mol. The van der Waals surface area contributed by atoms with Gasteiger partial charge in [-0.3, -0.25) is 0 Å². The van der Waals surface area contributed by atoms with E-state index in [4.69, 9.17) is 0 Å². The highest BCUT2D eigenvalue weighted by molar-refractivity contribution is 4.81. The number of hydrogen-bond donors (Lipinski definition) is 2. The Hall–Kier alpha value is -0.0800. The van der Waals surface area contributed by atoms with Crippen molar-refractivity contribution >= 4 is 0 Å². The van der Waals surface area contributed by atoms with Crippen molar-refractivity contribution in [2.75, 3.05) is 0 Å². The molecule has 2 nitrogen and oxygen atoms in total. The van der Waals surface area contributed by atoms with Gasteiger partial charge in [-0.2, -0.15) is 0 Å². The van der Waals surface area contributed by atoms with Crippen LogP contribution in [0.2, 0.25) is 0 Å². The molecule has 0 bridgehead atoms. The lowest BCUT2D eigenvalue weighted by Gasteiger charge is -2.30. The van der Waals surface area contributed by atoms with Gasteiger partial charge in [0, 0.05) is 0 Å². The van der Waals surface area contributed by atoms with E-state index >= 15 is 0 Å². The van der Waals surface area contributed by atoms with Crippen LogP contribution in [0.4, 0.5) is 0 Å². The van der Waals surface area contributed by atoms with Crippen molar-refractivity contribution in [1.82, 2.24) is 0 Å². The van der Waals surface area contributed by atoms with E-state index in [1.807, 2.05) is 6.92 Å². The second-order valence-electron chi connectivity index (χ2n) is 4.88. The minimum absolute atomic E-state index is 0.554. The predicted octanol–water partition coefficient (Wildman–Crippen LogP) is 3.11. The van der Waals surface area contributed by atoms with Crippen LogP contribution in [0.3, 0.4) is 0 Å². The van der Waals surface area contributed by atoms with Crippen molar-refractivity contribution in [1.29, 1.82) is 0 Å². The molecule has 0 spiro atoms. The third-order valence-electron chi connectivity index (χ3n) is 3.53. The molecule has 3 unspecified atom stereocenters. The van der Waals surface area contributed by atoms with Crippen LogP contribution in [0.5, 0.6) is 0 Å². The van der Waals surface area contributed by atoms with Gasteiger partial charge in [0.2, 0.25) is 0 Å². The van der Waals surface area contributed by atoms with Crippen molar-refractivity contribution in [3.63, 3.8) is 0 Å². The maximum absolute atomic E-state index is 9.93. The Balaban J connectivity index is 4.05. The molecule has 0 aliphatic carbocycles. The molecule has 2 heteroatoms. The molecule has 0 heterocycles. The van der Waals surface area contributed by atoms with Gasteiger partial charge in [-0.1, -0.05) is 46.5 Å². The van der Waals surface area contributed by atoms with Gasteiger partial charge in [-0.15, -0.1) is 0 Å². The maximum Gasteiger partial charge on any atom is 0.0875 e. The number of unbranched alkanes of at least 4 members (excludes halogenated alkanes) is 1. The lowest BCUT2D eigenvalue weighted by Crippen LogP contribution is -2.39. The zero-order chi connectivity index (χ0) is 11.9. The van der Waals surface area contributed by atoms with E-state index in [0.29, 0.717) is 12.3 Å². The molecule has 92 valence electrons. The lowest BCUT2D eigenvalue weighted by molar-refractivity contribution is -0.0739. The van der Waals surface area contributed by atoms with Crippen LogP contribution in [-0.4, -0.2) is 21.9 Å². The molecular formula is C13H28O2. The summed E-state index contributed by atoms with van der Waals surface area (Å²) in [5.74, 6) is 0.554. The molecule has 0 aromatic heterocycles. The Morgan fingerprint density at radius 1 is 1.20 bits per heavy atom. The normalized spacial score (nSPS) is 19.6. The molecule has 2 N–H and O–H groups in total. The van der Waals surface area contributed by atoms with E-state index in [0.717, 1.165) is 12.8 Å². The zero-order valence-corrected chi connectivity index (χ0v) is 10.8. The van der Waals surface area contributed by atoms with Gasteiger partial charge >= 0.3 is 0 Å². The van der Waals surface area contributed by atoms with E-state index in [-0.39, 0.29) is 0 Å². The second-order valence-corrected chi connectivity index (χ2v) is 4.88. The van der Waals surface area contributed by atoms with Crippen molar-refractivity contribution in [3.8, 4) is 0 Å². The maximum atomic E-state index is 9.93. The monoisotopic (exact) mass is 216 g/mol. The molecule has 0 aliphatic heterocycles. The molecule has 0 rings (SSSR count). The first-order chi connectivity index (χ1) is 6.97. The highest BCUT2D eigenvalue weighted by Gasteiger charge is 2.29. The highest BCUT2D eigenvalue weighted by atomic mass is 16.3. The average Bonchev–Trinajstić information content (AvgIpc) is 2.23. The first kappa shape index (κ1) is 14.9. The summed E-state index contributed by atoms with van der Waals surface area (Å²) in [4.78, 5) is 0. The van der Waals surface area contributed by atoms with Crippen molar-refractivity contribution in [3.05, 3.63) is 0 Å². The van der Waals surface area contributed by atoms with Crippen molar-refractivity contribution < 1.29 is 10.2 Å². The quantitative estimate of drug-likeness (QED) is 0.654. The molecule has 0 aromatic rings. The topological polar surface area (TPSA) is 40.5 Å². The van der Waals surface area contributed by atoms with Crippen LogP contribution in [0.1, 0.15) is 66.2 Å². The second kappa shape index (κ2) is 7.24. The minimum atomic E-state index is -0.917. The zero-order valence-electron chi connectivity index (χ0n) is 10.8. The predicted molar refractivity (Wildman–Crippen MR) is 64.8 cm³/mol. The largest absolute Gasteiger partial charge is 0.390 e. The van der Waals surface area contributed by atoms with Crippen LogP contribution in [0.25, 0.3) is 0 Å². The number of aliphatic hydroxyl groups excluding tert-OH is 1. The first-order valence-electron chi connectivity index (χ1n) is 6.38. The fourth-order valence-electron chi connectivity index (χ4n) is 1.79. The summed E-state index contributed by atoms with van der Waals surface area (Å²) in [6, 6.07) is 0. The SMILES string of the molecule is CCCCC(CC)CC(O)C(C)(O)CC. The Bertz CT molecular complexity index is 155. The van der Waals surface area contributed by atoms with E-state index in [1.54, 1.807) is 6.92 Å². The van der Waals surface area contributed by atoms with Crippen LogP contribution in [0.15, 0.2) is 0 Å². The van der Waals surface area contributed by atoms with Gasteiger partial charge < -0.3 is 10.2 Å². The third-order valence-corrected chi connectivity index (χ3v) is 3.53. The van der Waals surface area contributed by atoms with Crippen LogP contribution in [-0.2, 0) is 0 Å². The summed E-state index contributed by atoms with van der Waals surface area (Å²) in [6.07, 6.45) is 5.46. The smallest absolute Gasteiger partial charge is 0.0875 e. The van der Waals surface area contributed by atoms with Crippen LogP contribution in [0, 0.1) is 5.92 Å². The van der Waals surface area contributed by atoms with E-state index < -0.39 is 11.7 Å². The highest BCUT2D eigenvalue weighted by Crippen LogP contribution is 2.25. The molecule has 0 aliphatic rings. The third kappa shape index (κ3) is 5.53. The molecule has 3 atom stereocenters. The molecule has 0 radical (unpaired) electrons. The summed E-state index contributed by atoms with van der Waals surface area (Å²) in [5.41, 5.74) is -0.917. The van der Waals surface area contributed by atoms with Gasteiger partial charge in [0.15, 0.2) is 0 Å². The van der Waals surface area contributed by atoms with Crippen LogP contribution >= 0.6 is 0 Å². The number of hydrogen-bond acceptors (Lipinski definition) is 2. The Kier molecular flexibility index (Phi) is 7.20. The fraction of sp³-hybridized carbons (Fsp3) is 1.00. The van der Waals surface area contributed by atoms with E-state index in [1.165, 1.54) is 19.3 Å². The molecular weight excluding hydrogens is 188 g/mol. The summed E-state index contributed by atoms with van der Waals surface area (Å²) in [5, 5.41) is 19.8. The standard InChI is InChI=1S/C13H28O2/c1-5-8-9-11(6-2)10-12(14)13(4,15)7-3/h11-12,14-15H,5-10H2,1-4H3. The molecule has 0 aromatic carbocycles. The summed E-state index contributed by atoms with van der Waals surface area (Å²) in [7, 11) is 0. The molecule has 0 saturated heterocycles. The van der Waals surface area contributed by atoms with Gasteiger partial charge in [0.25, 0.3) is 0 Å². The molecule has 15 heavy (non-hydrogen) atoms. The Morgan fingerprint density at radius 2 is 1.80 bits per heavy atom. The van der Waals surface area contributed by atoms with Gasteiger partial charge in [-0.25, -0.2) is 0 Å². The minimum Gasteiger partial charge on any atom is -0.390 e.